The second-order valence-electron chi connectivity index (χ2n) is 2.76. The highest BCUT2D eigenvalue weighted by Gasteiger charge is 1.89. The molecule has 0 aliphatic carbocycles. The van der Waals surface area contributed by atoms with Gasteiger partial charge in [-0.3, -0.25) is 0 Å². The molecular formula is C11H18O2. The Morgan fingerprint density at radius 2 is 2.15 bits per heavy atom. The van der Waals surface area contributed by atoms with E-state index in [1.165, 1.54) is 25.3 Å². The zero-order valence-electron chi connectivity index (χ0n) is 8.51. The fourth-order valence-electron chi connectivity index (χ4n) is 0.891. The fraction of sp³-hybridized carbons (Fsp3) is 0.636. The fourth-order valence-corrected chi connectivity index (χ4v) is 0.891. The maximum atomic E-state index is 10.8. The average molecular weight is 182 g/mol. The molecule has 0 radical (unpaired) electrons. The van der Waals surface area contributed by atoms with E-state index in [2.05, 4.69) is 12.7 Å². The van der Waals surface area contributed by atoms with E-state index in [0.29, 0.717) is 6.61 Å². The van der Waals surface area contributed by atoms with Crippen molar-refractivity contribution >= 4 is 5.97 Å². The third-order valence-electron chi connectivity index (χ3n) is 1.56. The van der Waals surface area contributed by atoms with Gasteiger partial charge >= 0.3 is 5.97 Å². The number of rotatable bonds is 6. The van der Waals surface area contributed by atoms with Crippen molar-refractivity contribution in [3.8, 4) is 0 Å². The number of esters is 1. The lowest BCUT2D eigenvalue weighted by atomic mass is 10.2. The number of ether oxygens (including phenoxy) is 1. The Hall–Kier alpha value is -1.01. The van der Waals surface area contributed by atoms with Gasteiger partial charge < -0.3 is 4.74 Å². The standard InChI is InChI=1S/C11H18O2/c1-3-5-6-7-8-9-10-11(12)13-4-2/h8,10H,3-7H2,1-2H3. The Morgan fingerprint density at radius 3 is 2.77 bits per heavy atom. The van der Waals surface area contributed by atoms with Crippen LogP contribution in [0.2, 0.25) is 0 Å². The number of hydrogen-bond donors (Lipinski definition) is 0. The Labute approximate surface area is 80.3 Å². The van der Waals surface area contributed by atoms with E-state index in [-0.39, 0.29) is 5.97 Å². The van der Waals surface area contributed by atoms with Crippen LogP contribution in [0.1, 0.15) is 39.5 Å². The first-order chi connectivity index (χ1) is 6.31. The lowest BCUT2D eigenvalue weighted by Crippen LogP contribution is -1.97. The molecule has 74 valence electrons. The predicted molar refractivity (Wildman–Crippen MR) is 53.4 cm³/mol. The summed E-state index contributed by atoms with van der Waals surface area (Å²) in [6.45, 7) is 4.38. The SMILES string of the molecule is CCCCCC=C=CC(=O)OCC. The van der Waals surface area contributed by atoms with Crippen LogP contribution >= 0.6 is 0 Å². The third kappa shape index (κ3) is 8.90. The predicted octanol–water partition coefficient (Wildman–Crippen LogP) is 2.84. The Bertz CT molecular complexity index is 188. The first-order valence-corrected chi connectivity index (χ1v) is 4.89. The quantitative estimate of drug-likeness (QED) is 0.273. The summed E-state index contributed by atoms with van der Waals surface area (Å²) in [7, 11) is 0. The van der Waals surface area contributed by atoms with Gasteiger partial charge in [-0.25, -0.2) is 4.79 Å². The molecule has 0 fully saturated rings. The molecular weight excluding hydrogens is 164 g/mol. The van der Waals surface area contributed by atoms with Crippen molar-refractivity contribution in [3.05, 3.63) is 17.9 Å². The zero-order chi connectivity index (χ0) is 9.94. The third-order valence-corrected chi connectivity index (χ3v) is 1.56. The van der Waals surface area contributed by atoms with E-state index in [1.54, 1.807) is 6.92 Å². The molecule has 0 atom stereocenters. The summed E-state index contributed by atoms with van der Waals surface area (Å²) in [6, 6.07) is 0. The molecule has 0 aromatic heterocycles. The molecule has 0 aliphatic rings. The van der Waals surface area contributed by atoms with Crippen molar-refractivity contribution in [2.75, 3.05) is 6.61 Å². The summed E-state index contributed by atoms with van der Waals surface area (Å²) >= 11 is 0. The lowest BCUT2D eigenvalue weighted by Gasteiger charge is -1.91. The minimum Gasteiger partial charge on any atom is -0.462 e. The van der Waals surface area contributed by atoms with Crippen molar-refractivity contribution in [1.82, 2.24) is 0 Å². The van der Waals surface area contributed by atoms with Crippen molar-refractivity contribution in [2.24, 2.45) is 0 Å². The van der Waals surface area contributed by atoms with E-state index < -0.39 is 0 Å². The first kappa shape index (κ1) is 12.0. The molecule has 0 heterocycles. The van der Waals surface area contributed by atoms with Crippen molar-refractivity contribution in [3.63, 3.8) is 0 Å². The van der Waals surface area contributed by atoms with Crippen molar-refractivity contribution in [1.29, 1.82) is 0 Å². The van der Waals surface area contributed by atoms with E-state index in [4.69, 9.17) is 4.74 Å². The van der Waals surface area contributed by atoms with Crippen LogP contribution in [0.3, 0.4) is 0 Å². The van der Waals surface area contributed by atoms with Crippen LogP contribution in [0.5, 0.6) is 0 Å². The molecule has 0 aliphatic heterocycles. The van der Waals surface area contributed by atoms with Gasteiger partial charge in [0.1, 0.15) is 0 Å². The summed E-state index contributed by atoms with van der Waals surface area (Å²) in [4.78, 5) is 10.8. The van der Waals surface area contributed by atoms with Gasteiger partial charge in [-0.2, -0.15) is 0 Å². The summed E-state index contributed by atoms with van der Waals surface area (Å²) in [5, 5.41) is 0. The van der Waals surface area contributed by atoms with Gasteiger partial charge in [0.2, 0.25) is 0 Å². The molecule has 0 amide bonds. The van der Waals surface area contributed by atoms with Crippen molar-refractivity contribution in [2.45, 2.75) is 39.5 Å². The van der Waals surface area contributed by atoms with Crippen LogP contribution in [0, 0.1) is 0 Å². The summed E-state index contributed by atoms with van der Waals surface area (Å²) in [5.41, 5.74) is 2.80. The molecule has 13 heavy (non-hydrogen) atoms. The minimum absolute atomic E-state index is 0.311. The first-order valence-electron chi connectivity index (χ1n) is 4.89. The maximum Gasteiger partial charge on any atom is 0.338 e. The van der Waals surface area contributed by atoms with Gasteiger partial charge in [-0.1, -0.05) is 19.8 Å². The monoisotopic (exact) mass is 182 g/mol. The van der Waals surface area contributed by atoms with Gasteiger partial charge in [0.25, 0.3) is 0 Å². The summed E-state index contributed by atoms with van der Waals surface area (Å²) in [5.74, 6) is -0.311. The van der Waals surface area contributed by atoms with Gasteiger partial charge in [-0.15, -0.1) is 5.73 Å². The highest BCUT2D eigenvalue weighted by atomic mass is 16.5. The number of carbonyl (C=O) groups excluding carboxylic acids is 1. The minimum atomic E-state index is -0.311. The molecule has 2 nitrogen and oxygen atoms in total. The van der Waals surface area contributed by atoms with Gasteiger partial charge in [-0.05, 0) is 25.8 Å². The van der Waals surface area contributed by atoms with E-state index in [9.17, 15) is 4.79 Å². The van der Waals surface area contributed by atoms with Gasteiger partial charge in [0.15, 0.2) is 0 Å². The average Bonchev–Trinajstić information content (AvgIpc) is 2.11. The highest BCUT2D eigenvalue weighted by molar-refractivity contribution is 5.81. The molecule has 0 spiro atoms. The lowest BCUT2D eigenvalue weighted by molar-refractivity contribution is -0.137. The Kier molecular flexibility index (Phi) is 8.38. The highest BCUT2D eigenvalue weighted by Crippen LogP contribution is 1.98. The van der Waals surface area contributed by atoms with Crippen LogP contribution in [0.4, 0.5) is 0 Å². The van der Waals surface area contributed by atoms with Gasteiger partial charge in [0.05, 0.1) is 12.7 Å². The summed E-state index contributed by atoms with van der Waals surface area (Å²) < 4.78 is 4.69. The Morgan fingerprint density at radius 1 is 1.38 bits per heavy atom. The number of carbonyl (C=O) groups is 1. The molecule has 0 rings (SSSR count). The molecule has 0 unspecified atom stereocenters. The van der Waals surface area contributed by atoms with E-state index >= 15 is 0 Å². The van der Waals surface area contributed by atoms with E-state index in [0.717, 1.165) is 6.42 Å². The summed E-state index contributed by atoms with van der Waals surface area (Å²) in [6.07, 6.45) is 7.83. The topological polar surface area (TPSA) is 26.3 Å². The smallest absolute Gasteiger partial charge is 0.338 e. The largest absolute Gasteiger partial charge is 0.462 e. The maximum absolute atomic E-state index is 10.8. The van der Waals surface area contributed by atoms with Crippen LogP contribution in [-0.2, 0) is 9.53 Å². The zero-order valence-corrected chi connectivity index (χ0v) is 8.51. The van der Waals surface area contributed by atoms with Crippen LogP contribution in [-0.4, -0.2) is 12.6 Å². The molecule has 2 heteroatoms. The number of unbranched alkanes of at least 4 members (excludes halogenated alkanes) is 3. The van der Waals surface area contributed by atoms with Gasteiger partial charge in [0, 0.05) is 0 Å². The van der Waals surface area contributed by atoms with E-state index in [1.807, 2.05) is 6.08 Å². The molecule has 0 aromatic carbocycles. The molecule has 0 N–H and O–H groups in total. The molecule has 0 bridgehead atoms. The molecule has 0 aromatic rings. The van der Waals surface area contributed by atoms with Crippen LogP contribution in [0.15, 0.2) is 17.9 Å². The van der Waals surface area contributed by atoms with Crippen LogP contribution < -0.4 is 0 Å². The molecule has 0 saturated heterocycles. The Balaban J connectivity index is 3.51. The van der Waals surface area contributed by atoms with Crippen molar-refractivity contribution < 1.29 is 9.53 Å². The number of hydrogen-bond acceptors (Lipinski definition) is 2. The molecule has 0 saturated carbocycles. The second kappa shape index (κ2) is 9.08. The normalized spacial score (nSPS) is 8.77. The van der Waals surface area contributed by atoms with Crippen LogP contribution in [0.25, 0.3) is 0 Å². The second-order valence-corrected chi connectivity index (χ2v) is 2.76.